The number of amides is 1. The van der Waals surface area contributed by atoms with Crippen LogP contribution in [0.2, 0.25) is 0 Å². The molecular formula is C25H31N7O. The second-order valence-electron chi connectivity index (χ2n) is 8.94. The number of allylic oxidation sites excluding steroid dienone is 1. The molecule has 1 aromatic carbocycles. The number of likely N-dealkylation sites (N-methyl/N-ethyl adjacent to an activating group) is 1. The van der Waals surface area contributed by atoms with E-state index in [-0.39, 0.29) is 11.9 Å². The topological polar surface area (TPSA) is 75.6 Å². The van der Waals surface area contributed by atoms with E-state index in [1.165, 1.54) is 5.56 Å². The summed E-state index contributed by atoms with van der Waals surface area (Å²) in [7, 11) is 2.11. The van der Waals surface area contributed by atoms with Gasteiger partial charge in [-0.1, -0.05) is 23.8 Å². The number of nitrogens with zero attached hydrogens (tertiary/aromatic N) is 5. The summed E-state index contributed by atoms with van der Waals surface area (Å²) in [5.41, 5.74) is 3.48. The first-order valence-corrected chi connectivity index (χ1v) is 11.7. The first-order valence-electron chi connectivity index (χ1n) is 11.7. The summed E-state index contributed by atoms with van der Waals surface area (Å²) in [5, 5.41) is 17.2. The van der Waals surface area contributed by atoms with Gasteiger partial charge in [0.15, 0.2) is 0 Å². The summed E-state index contributed by atoms with van der Waals surface area (Å²) in [6, 6.07) is 8.63. The molecule has 1 atom stereocenters. The van der Waals surface area contributed by atoms with Gasteiger partial charge >= 0.3 is 0 Å². The maximum atomic E-state index is 13.4. The Morgan fingerprint density at radius 2 is 1.97 bits per heavy atom. The number of piperidine rings is 1. The molecule has 1 aromatic rings. The molecule has 4 heterocycles. The molecule has 172 valence electrons. The predicted octanol–water partition coefficient (Wildman–Crippen LogP) is 2.53. The average molecular weight is 446 g/mol. The van der Waals surface area contributed by atoms with Crippen molar-refractivity contribution in [1.82, 2.24) is 20.7 Å². The number of nitrogens with one attached hydrogen (secondary N) is 2. The van der Waals surface area contributed by atoms with Crippen LogP contribution in [-0.2, 0) is 4.79 Å². The minimum Gasteiger partial charge on any atom is -0.317 e. The largest absolute Gasteiger partial charge is 0.317 e. The molecule has 0 radical (unpaired) electrons. The highest BCUT2D eigenvalue weighted by Crippen LogP contribution is 2.33. The Balaban J connectivity index is 1.44. The maximum absolute atomic E-state index is 13.4. The number of aryl methyl sites for hydroxylation is 1. The zero-order valence-electron chi connectivity index (χ0n) is 19.2. The van der Waals surface area contributed by atoms with Crippen LogP contribution in [0.1, 0.15) is 24.8 Å². The van der Waals surface area contributed by atoms with Crippen LogP contribution in [0.3, 0.4) is 0 Å². The van der Waals surface area contributed by atoms with E-state index in [0.717, 1.165) is 49.6 Å². The lowest BCUT2D eigenvalue weighted by Crippen LogP contribution is -2.47. The van der Waals surface area contributed by atoms with Gasteiger partial charge in [0.05, 0.1) is 35.8 Å². The van der Waals surface area contributed by atoms with E-state index in [1.54, 1.807) is 11.2 Å². The van der Waals surface area contributed by atoms with Crippen molar-refractivity contribution >= 4 is 24.0 Å². The number of anilines is 1. The Morgan fingerprint density at radius 3 is 2.76 bits per heavy atom. The number of rotatable bonds is 4. The van der Waals surface area contributed by atoms with Crippen LogP contribution in [0.15, 0.2) is 69.8 Å². The standard InChI is InChI=1S/C25H31N7O/c1-18-5-7-20(8-6-18)32-24(15-23(30(32)2)19-9-12-26-13-10-19)29-25(33)21-16-28-31-14-4-3-11-27-22(21)17-31/h4-8,11,14-16,19,23,26H,3,9-10,12-13,17H2,1-2H3,(H,29,33)/b14-4-,27-11?. The number of fused-ring (bicyclic) bond motifs is 2. The normalized spacial score (nSPS) is 24.5. The number of hydrazine groups is 1. The molecule has 4 aliphatic rings. The Hall–Kier alpha value is -3.23. The average Bonchev–Trinajstić information content (AvgIpc) is 3.14. The molecule has 8 heteroatoms. The van der Waals surface area contributed by atoms with E-state index in [0.29, 0.717) is 18.0 Å². The van der Waals surface area contributed by atoms with Crippen LogP contribution >= 0.6 is 0 Å². The van der Waals surface area contributed by atoms with Gasteiger partial charge < -0.3 is 10.6 Å². The van der Waals surface area contributed by atoms with Gasteiger partial charge in [0.1, 0.15) is 5.82 Å². The van der Waals surface area contributed by atoms with Crippen LogP contribution in [0, 0.1) is 12.8 Å². The van der Waals surface area contributed by atoms with Gasteiger partial charge in [-0.25, -0.2) is 5.01 Å². The second kappa shape index (κ2) is 9.33. The number of carbonyl (C=O) groups is 1. The van der Waals surface area contributed by atoms with Crippen molar-refractivity contribution in [2.24, 2.45) is 16.0 Å². The van der Waals surface area contributed by atoms with E-state index >= 15 is 0 Å². The Bertz CT molecular complexity index is 1050. The number of carbonyl (C=O) groups excluding carboxylic acids is 1. The van der Waals surface area contributed by atoms with Crippen molar-refractivity contribution in [3.8, 4) is 0 Å². The molecular weight excluding hydrogens is 414 g/mol. The highest BCUT2D eigenvalue weighted by Gasteiger charge is 2.37. The molecule has 0 aromatic heterocycles. The van der Waals surface area contributed by atoms with Crippen molar-refractivity contribution in [3.63, 3.8) is 0 Å². The molecule has 2 bridgehead atoms. The quantitative estimate of drug-likeness (QED) is 0.745. The first-order chi connectivity index (χ1) is 16.1. The number of hydrazone groups is 1. The molecule has 8 nitrogen and oxygen atoms in total. The molecule has 1 amide bonds. The lowest BCUT2D eigenvalue weighted by molar-refractivity contribution is -0.116. The lowest BCUT2D eigenvalue weighted by Gasteiger charge is -2.37. The first kappa shape index (κ1) is 21.6. The Kier molecular flexibility index (Phi) is 6.11. The SMILES string of the molecule is Cc1ccc(N2C(NC(=O)C3=C4CN(/C=C\CC=N4)N=C3)=CC(C3CCNCC3)N2C)cc1. The third-order valence-electron chi connectivity index (χ3n) is 6.66. The minimum absolute atomic E-state index is 0.183. The number of hydrogen-bond acceptors (Lipinski definition) is 7. The van der Waals surface area contributed by atoms with Gasteiger partial charge in [0.2, 0.25) is 0 Å². The molecule has 0 saturated carbocycles. The molecule has 2 N–H and O–H groups in total. The molecule has 5 rings (SSSR count). The maximum Gasteiger partial charge on any atom is 0.260 e. The molecule has 4 aliphatic heterocycles. The fraction of sp³-hybridized carbons (Fsp3) is 0.400. The summed E-state index contributed by atoms with van der Waals surface area (Å²) < 4.78 is 0. The van der Waals surface area contributed by atoms with E-state index in [9.17, 15) is 4.79 Å². The molecule has 1 saturated heterocycles. The van der Waals surface area contributed by atoms with Crippen molar-refractivity contribution in [3.05, 3.63) is 65.3 Å². The molecule has 1 fully saturated rings. The molecule has 33 heavy (non-hydrogen) atoms. The summed E-state index contributed by atoms with van der Waals surface area (Å²) in [4.78, 5) is 17.9. The fourth-order valence-electron chi connectivity index (χ4n) is 4.84. The third kappa shape index (κ3) is 4.49. The van der Waals surface area contributed by atoms with Crippen molar-refractivity contribution in [2.45, 2.75) is 32.2 Å². The van der Waals surface area contributed by atoms with Crippen LogP contribution in [0.25, 0.3) is 0 Å². The lowest BCUT2D eigenvalue weighted by atomic mass is 9.90. The van der Waals surface area contributed by atoms with Crippen molar-refractivity contribution in [1.29, 1.82) is 0 Å². The van der Waals surface area contributed by atoms with Crippen LogP contribution < -0.4 is 15.6 Å². The van der Waals surface area contributed by atoms with Crippen molar-refractivity contribution in [2.75, 3.05) is 31.7 Å². The predicted molar refractivity (Wildman–Crippen MR) is 132 cm³/mol. The summed E-state index contributed by atoms with van der Waals surface area (Å²) >= 11 is 0. The highest BCUT2D eigenvalue weighted by atomic mass is 16.2. The number of hydrogen-bond donors (Lipinski definition) is 2. The van der Waals surface area contributed by atoms with E-state index in [2.05, 4.69) is 75.1 Å². The summed E-state index contributed by atoms with van der Waals surface area (Å²) in [5.74, 6) is 1.14. The third-order valence-corrected chi connectivity index (χ3v) is 6.66. The monoisotopic (exact) mass is 445 g/mol. The minimum atomic E-state index is -0.183. The van der Waals surface area contributed by atoms with Gasteiger partial charge in [-0.05, 0) is 57.0 Å². The van der Waals surface area contributed by atoms with Crippen LogP contribution in [0.4, 0.5) is 5.69 Å². The zero-order valence-corrected chi connectivity index (χ0v) is 19.2. The van der Waals surface area contributed by atoms with E-state index < -0.39 is 0 Å². The van der Waals surface area contributed by atoms with E-state index in [4.69, 9.17) is 0 Å². The van der Waals surface area contributed by atoms with Gasteiger partial charge in [-0.15, -0.1) is 0 Å². The van der Waals surface area contributed by atoms with Crippen LogP contribution in [-0.4, -0.2) is 61.1 Å². The van der Waals surface area contributed by atoms with Gasteiger partial charge in [0, 0.05) is 25.9 Å². The van der Waals surface area contributed by atoms with Gasteiger partial charge in [-0.2, -0.15) is 5.10 Å². The van der Waals surface area contributed by atoms with Crippen LogP contribution in [0.5, 0.6) is 0 Å². The highest BCUT2D eigenvalue weighted by molar-refractivity contribution is 6.14. The molecule has 1 unspecified atom stereocenters. The van der Waals surface area contributed by atoms with Gasteiger partial charge in [0.25, 0.3) is 5.91 Å². The van der Waals surface area contributed by atoms with E-state index in [1.807, 2.05) is 18.5 Å². The second-order valence-corrected chi connectivity index (χ2v) is 8.94. The Labute approximate surface area is 195 Å². The Morgan fingerprint density at radius 1 is 1.18 bits per heavy atom. The molecule has 0 spiro atoms. The summed E-state index contributed by atoms with van der Waals surface area (Å²) in [6.07, 6.45) is 12.5. The molecule has 0 aliphatic carbocycles. The zero-order chi connectivity index (χ0) is 22.8. The fourth-order valence-corrected chi connectivity index (χ4v) is 4.84. The smallest absolute Gasteiger partial charge is 0.260 e. The van der Waals surface area contributed by atoms with Gasteiger partial charge in [-0.3, -0.25) is 19.8 Å². The van der Waals surface area contributed by atoms with Crippen molar-refractivity contribution < 1.29 is 4.79 Å². The number of benzene rings is 1. The summed E-state index contributed by atoms with van der Waals surface area (Å²) in [6.45, 7) is 4.64. The number of aliphatic imine (C=N–C) groups is 1.